The van der Waals surface area contributed by atoms with E-state index in [0.717, 1.165) is 5.39 Å². The number of hydrogen-bond acceptors (Lipinski definition) is 5. The maximum Gasteiger partial charge on any atom is 0.257 e. The Balaban J connectivity index is 1.58. The monoisotopic (exact) mass is 382 g/mol. The Morgan fingerprint density at radius 3 is 2.93 bits per heavy atom. The van der Waals surface area contributed by atoms with Gasteiger partial charge in [-0.3, -0.25) is 10.1 Å². The minimum Gasteiger partial charge on any atom is -0.490 e. The lowest BCUT2D eigenvalue weighted by Gasteiger charge is -2.02. The standard InChI is InChI=1S/C20H15FN2O3S/c1-2-25-16-8-4-5-12-10-17(26-18(12)16)15-11-27-20(22-15)23-19(24)13-6-3-7-14(21)9-13/h3-11H,2H2,1H3,(H,22,23,24). The van der Waals surface area contributed by atoms with Crippen molar-refractivity contribution in [3.8, 4) is 17.2 Å². The lowest BCUT2D eigenvalue weighted by molar-refractivity contribution is 0.102. The molecule has 0 aliphatic heterocycles. The molecule has 2 aromatic carbocycles. The first-order valence-electron chi connectivity index (χ1n) is 8.32. The number of amides is 1. The highest BCUT2D eigenvalue weighted by molar-refractivity contribution is 7.14. The molecular weight excluding hydrogens is 367 g/mol. The van der Waals surface area contributed by atoms with Crippen LogP contribution in [0.3, 0.4) is 0 Å². The Morgan fingerprint density at radius 2 is 2.11 bits per heavy atom. The number of fused-ring (bicyclic) bond motifs is 1. The van der Waals surface area contributed by atoms with E-state index in [9.17, 15) is 9.18 Å². The molecule has 1 amide bonds. The van der Waals surface area contributed by atoms with E-state index < -0.39 is 11.7 Å². The molecule has 0 aliphatic carbocycles. The number of halogens is 1. The maximum atomic E-state index is 13.3. The van der Waals surface area contributed by atoms with Gasteiger partial charge >= 0.3 is 0 Å². The molecular formula is C20H15FN2O3S. The molecule has 1 N–H and O–H groups in total. The fourth-order valence-corrected chi connectivity index (χ4v) is 3.37. The lowest BCUT2D eigenvalue weighted by Crippen LogP contribution is -2.11. The molecule has 2 aromatic heterocycles. The van der Waals surface area contributed by atoms with Gasteiger partial charge in [0.1, 0.15) is 11.5 Å². The van der Waals surface area contributed by atoms with Crippen molar-refractivity contribution in [3.05, 3.63) is 65.3 Å². The van der Waals surface area contributed by atoms with Gasteiger partial charge in [0.05, 0.1) is 6.61 Å². The summed E-state index contributed by atoms with van der Waals surface area (Å²) in [5, 5.41) is 5.79. The number of ether oxygens (including phenoxy) is 1. The van der Waals surface area contributed by atoms with Crippen LogP contribution in [0.5, 0.6) is 5.75 Å². The Bertz CT molecular complexity index is 1120. The number of rotatable bonds is 5. The summed E-state index contributed by atoms with van der Waals surface area (Å²) in [6.45, 7) is 2.46. The minimum absolute atomic E-state index is 0.233. The van der Waals surface area contributed by atoms with Crippen molar-refractivity contribution in [1.82, 2.24) is 4.98 Å². The fourth-order valence-electron chi connectivity index (χ4n) is 2.68. The van der Waals surface area contributed by atoms with Crippen LogP contribution in [-0.4, -0.2) is 17.5 Å². The smallest absolute Gasteiger partial charge is 0.257 e. The first-order chi connectivity index (χ1) is 13.1. The van der Waals surface area contributed by atoms with Gasteiger partial charge in [0.15, 0.2) is 22.2 Å². The molecule has 0 spiro atoms. The van der Waals surface area contributed by atoms with Crippen molar-refractivity contribution in [2.24, 2.45) is 0 Å². The normalized spacial score (nSPS) is 10.9. The third kappa shape index (κ3) is 3.54. The number of para-hydroxylation sites is 1. The van der Waals surface area contributed by atoms with Crippen LogP contribution in [0.2, 0.25) is 0 Å². The number of furan rings is 1. The van der Waals surface area contributed by atoms with Crippen LogP contribution < -0.4 is 10.1 Å². The zero-order valence-electron chi connectivity index (χ0n) is 14.4. The van der Waals surface area contributed by atoms with Crippen LogP contribution in [0, 0.1) is 5.82 Å². The highest BCUT2D eigenvalue weighted by atomic mass is 32.1. The van der Waals surface area contributed by atoms with Gasteiger partial charge in [0.2, 0.25) is 0 Å². The van der Waals surface area contributed by atoms with Gasteiger partial charge in [-0.15, -0.1) is 11.3 Å². The number of carbonyl (C=O) groups is 1. The number of thiazole rings is 1. The third-order valence-electron chi connectivity index (χ3n) is 3.87. The second-order valence-corrected chi connectivity index (χ2v) is 6.58. The summed E-state index contributed by atoms with van der Waals surface area (Å²) in [5.41, 5.74) is 1.50. The number of hydrogen-bond donors (Lipinski definition) is 1. The molecule has 0 saturated heterocycles. The molecule has 27 heavy (non-hydrogen) atoms. The third-order valence-corrected chi connectivity index (χ3v) is 4.63. The zero-order valence-corrected chi connectivity index (χ0v) is 15.2. The van der Waals surface area contributed by atoms with Crippen molar-refractivity contribution in [3.63, 3.8) is 0 Å². The van der Waals surface area contributed by atoms with Gasteiger partial charge in [0, 0.05) is 16.3 Å². The molecule has 0 bridgehead atoms. The van der Waals surface area contributed by atoms with Crippen LogP contribution in [0.25, 0.3) is 22.4 Å². The molecule has 4 aromatic rings. The van der Waals surface area contributed by atoms with E-state index in [4.69, 9.17) is 9.15 Å². The molecule has 0 fully saturated rings. The van der Waals surface area contributed by atoms with Gasteiger partial charge in [-0.25, -0.2) is 9.37 Å². The molecule has 0 saturated carbocycles. The van der Waals surface area contributed by atoms with E-state index in [2.05, 4.69) is 10.3 Å². The van der Waals surface area contributed by atoms with E-state index in [1.165, 1.54) is 29.5 Å². The van der Waals surface area contributed by atoms with Crippen molar-refractivity contribution >= 4 is 33.3 Å². The predicted molar refractivity (Wildman–Crippen MR) is 103 cm³/mol. The quantitative estimate of drug-likeness (QED) is 0.506. The number of anilines is 1. The number of aromatic nitrogens is 1. The van der Waals surface area contributed by atoms with E-state index in [1.807, 2.05) is 31.2 Å². The van der Waals surface area contributed by atoms with Crippen LogP contribution in [0.15, 0.2) is 58.3 Å². The van der Waals surface area contributed by atoms with Crippen molar-refractivity contribution in [1.29, 1.82) is 0 Å². The molecule has 7 heteroatoms. The molecule has 4 rings (SSSR count). The highest BCUT2D eigenvalue weighted by Gasteiger charge is 2.15. The molecule has 136 valence electrons. The molecule has 2 heterocycles. The van der Waals surface area contributed by atoms with Gasteiger partial charge in [-0.1, -0.05) is 18.2 Å². The SMILES string of the molecule is CCOc1cccc2cc(-c3csc(NC(=O)c4cccc(F)c4)n3)oc12. The van der Waals surface area contributed by atoms with Gasteiger partial charge < -0.3 is 9.15 Å². The second-order valence-electron chi connectivity index (χ2n) is 5.72. The number of carbonyl (C=O) groups excluding carboxylic acids is 1. The largest absolute Gasteiger partial charge is 0.490 e. The molecule has 5 nitrogen and oxygen atoms in total. The maximum absolute atomic E-state index is 13.3. The molecule has 0 aliphatic rings. The summed E-state index contributed by atoms with van der Waals surface area (Å²) < 4.78 is 24.8. The summed E-state index contributed by atoms with van der Waals surface area (Å²) in [6.07, 6.45) is 0. The molecule has 0 radical (unpaired) electrons. The highest BCUT2D eigenvalue weighted by Crippen LogP contribution is 2.34. The summed E-state index contributed by atoms with van der Waals surface area (Å²) in [4.78, 5) is 16.6. The first kappa shape index (κ1) is 17.2. The van der Waals surface area contributed by atoms with Gasteiger partial charge in [-0.2, -0.15) is 0 Å². The Hall–Kier alpha value is -3.19. The Morgan fingerprint density at radius 1 is 1.26 bits per heavy atom. The van der Waals surface area contributed by atoms with Crippen LogP contribution in [0.1, 0.15) is 17.3 Å². The van der Waals surface area contributed by atoms with Crippen molar-refractivity contribution in [2.75, 3.05) is 11.9 Å². The Labute approximate surface area is 158 Å². The predicted octanol–water partition coefficient (Wildman–Crippen LogP) is 5.35. The van der Waals surface area contributed by atoms with Gasteiger partial charge in [0.25, 0.3) is 5.91 Å². The van der Waals surface area contributed by atoms with Gasteiger partial charge in [-0.05, 0) is 37.3 Å². The van der Waals surface area contributed by atoms with Crippen LogP contribution in [0.4, 0.5) is 9.52 Å². The van der Waals surface area contributed by atoms with E-state index >= 15 is 0 Å². The van der Waals surface area contributed by atoms with Crippen LogP contribution >= 0.6 is 11.3 Å². The minimum atomic E-state index is -0.463. The van der Waals surface area contributed by atoms with E-state index in [-0.39, 0.29) is 5.56 Å². The average molecular weight is 382 g/mol. The van der Waals surface area contributed by atoms with E-state index in [0.29, 0.717) is 34.5 Å². The zero-order chi connectivity index (χ0) is 18.8. The Kier molecular flexibility index (Phi) is 4.60. The number of nitrogens with zero attached hydrogens (tertiary/aromatic N) is 1. The summed E-state index contributed by atoms with van der Waals surface area (Å²) >= 11 is 1.27. The topological polar surface area (TPSA) is 64.4 Å². The second kappa shape index (κ2) is 7.20. The van der Waals surface area contributed by atoms with Crippen LogP contribution in [-0.2, 0) is 0 Å². The fraction of sp³-hybridized carbons (Fsp3) is 0.100. The average Bonchev–Trinajstić information content (AvgIpc) is 3.29. The first-order valence-corrected chi connectivity index (χ1v) is 9.20. The van der Waals surface area contributed by atoms with E-state index in [1.54, 1.807) is 11.4 Å². The summed E-state index contributed by atoms with van der Waals surface area (Å²) in [5.74, 6) is 0.379. The molecule has 0 unspecified atom stereocenters. The summed E-state index contributed by atoms with van der Waals surface area (Å²) in [6, 6.07) is 13.1. The number of nitrogens with one attached hydrogen (secondary N) is 1. The van der Waals surface area contributed by atoms with Crippen molar-refractivity contribution in [2.45, 2.75) is 6.92 Å². The summed E-state index contributed by atoms with van der Waals surface area (Å²) in [7, 11) is 0. The molecule has 0 atom stereocenters. The lowest BCUT2D eigenvalue weighted by atomic mass is 10.2. The van der Waals surface area contributed by atoms with Crippen molar-refractivity contribution < 1.29 is 18.3 Å². The number of benzene rings is 2.